The lowest BCUT2D eigenvalue weighted by atomic mass is 9.73. The molecule has 7 heteroatoms. The SMILES string of the molecule is COC(=O)NCCCC(O)(c1cccc(Cl)c1-c1ccc2cccc(C(C)C)c2n1)[C@@H]1CCCNC1. The van der Waals surface area contributed by atoms with Crippen LogP contribution in [0.1, 0.15) is 56.6 Å². The number of nitrogens with zero attached hydrogens (tertiary/aromatic N) is 1. The monoisotopic (exact) mass is 509 g/mol. The number of carbonyl (C=O) groups excluding carboxylic acids is 1. The van der Waals surface area contributed by atoms with Crippen LogP contribution < -0.4 is 10.6 Å². The van der Waals surface area contributed by atoms with Gasteiger partial charge in [0.2, 0.25) is 0 Å². The molecule has 2 atom stereocenters. The Hall–Kier alpha value is -2.67. The molecule has 2 heterocycles. The quantitative estimate of drug-likeness (QED) is 0.324. The number of hydrogen-bond acceptors (Lipinski definition) is 5. The summed E-state index contributed by atoms with van der Waals surface area (Å²) in [5, 5.41) is 20.2. The van der Waals surface area contributed by atoms with Crippen LogP contribution in [0.4, 0.5) is 4.79 Å². The van der Waals surface area contributed by atoms with E-state index < -0.39 is 11.7 Å². The number of benzene rings is 2. The largest absolute Gasteiger partial charge is 0.453 e. The number of pyridine rings is 1. The molecule has 1 aliphatic rings. The Bertz CT molecular complexity index is 1210. The predicted molar refractivity (Wildman–Crippen MR) is 145 cm³/mol. The maximum atomic E-state index is 12.4. The molecule has 3 N–H and O–H groups in total. The van der Waals surface area contributed by atoms with Crippen LogP contribution in [0.5, 0.6) is 0 Å². The fourth-order valence-electron chi connectivity index (χ4n) is 5.36. The van der Waals surface area contributed by atoms with Crippen LogP contribution in [0.2, 0.25) is 5.02 Å². The predicted octanol–water partition coefficient (Wildman–Crippen LogP) is 6.00. The summed E-state index contributed by atoms with van der Waals surface area (Å²) in [7, 11) is 1.35. The van der Waals surface area contributed by atoms with Crippen LogP contribution in [0.15, 0.2) is 48.5 Å². The van der Waals surface area contributed by atoms with Crippen LogP contribution in [0.3, 0.4) is 0 Å². The normalized spacial score (nSPS) is 17.7. The topological polar surface area (TPSA) is 83.5 Å². The number of methoxy groups -OCH3 is 1. The lowest BCUT2D eigenvalue weighted by Crippen LogP contribution is -2.45. The molecule has 1 unspecified atom stereocenters. The number of piperidine rings is 1. The molecule has 0 aliphatic carbocycles. The maximum absolute atomic E-state index is 12.4. The van der Waals surface area contributed by atoms with Crippen molar-refractivity contribution in [1.82, 2.24) is 15.6 Å². The average molecular weight is 510 g/mol. The van der Waals surface area contributed by atoms with Gasteiger partial charge in [-0.15, -0.1) is 0 Å². The fraction of sp³-hybridized carbons (Fsp3) is 0.448. The molecule has 1 aromatic heterocycles. The highest BCUT2D eigenvalue weighted by Crippen LogP contribution is 2.44. The number of hydrogen-bond donors (Lipinski definition) is 3. The fourth-order valence-corrected chi connectivity index (χ4v) is 5.63. The zero-order valence-electron chi connectivity index (χ0n) is 21.3. The molecule has 0 bridgehead atoms. The molecule has 3 aromatic rings. The van der Waals surface area contributed by atoms with E-state index in [0.29, 0.717) is 30.3 Å². The highest BCUT2D eigenvalue weighted by atomic mass is 35.5. The van der Waals surface area contributed by atoms with E-state index in [0.717, 1.165) is 53.7 Å². The summed E-state index contributed by atoms with van der Waals surface area (Å²) in [5.41, 5.74) is 3.32. The number of ether oxygens (including phenoxy) is 1. The Morgan fingerprint density at radius 2 is 2.06 bits per heavy atom. The first kappa shape index (κ1) is 26.4. The van der Waals surface area contributed by atoms with Crippen molar-refractivity contribution in [2.75, 3.05) is 26.7 Å². The van der Waals surface area contributed by atoms with Gasteiger partial charge in [-0.1, -0.05) is 61.8 Å². The number of aromatic nitrogens is 1. The molecule has 0 saturated carbocycles. The van der Waals surface area contributed by atoms with Gasteiger partial charge < -0.3 is 20.5 Å². The summed E-state index contributed by atoms with van der Waals surface area (Å²) in [6.45, 7) is 6.41. The summed E-state index contributed by atoms with van der Waals surface area (Å²) in [5.74, 6) is 0.336. The number of amides is 1. The molecule has 36 heavy (non-hydrogen) atoms. The Morgan fingerprint density at radius 3 is 2.78 bits per heavy atom. The molecule has 1 saturated heterocycles. The average Bonchev–Trinajstić information content (AvgIpc) is 2.90. The zero-order chi connectivity index (χ0) is 25.7. The number of rotatable bonds is 8. The number of carbonyl (C=O) groups is 1. The number of aliphatic hydroxyl groups is 1. The molecule has 0 spiro atoms. The number of para-hydroxylation sites is 1. The second-order valence-electron chi connectivity index (χ2n) is 9.92. The number of alkyl carbamates (subject to hydrolysis) is 1. The van der Waals surface area contributed by atoms with Crippen molar-refractivity contribution < 1.29 is 14.6 Å². The Labute approximate surface area is 218 Å². The van der Waals surface area contributed by atoms with Gasteiger partial charge in [-0.2, -0.15) is 0 Å². The highest BCUT2D eigenvalue weighted by molar-refractivity contribution is 6.33. The van der Waals surface area contributed by atoms with Crippen LogP contribution in [0.25, 0.3) is 22.2 Å². The van der Waals surface area contributed by atoms with Crippen LogP contribution >= 0.6 is 11.6 Å². The molecule has 6 nitrogen and oxygen atoms in total. The van der Waals surface area contributed by atoms with E-state index in [9.17, 15) is 9.90 Å². The first-order valence-corrected chi connectivity index (χ1v) is 13.2. The third-order valence-electron chi connectivity index (χ3n) is 7.27. The summed E-state index contributed by atoms with van der Waals surface area (Å²) in [6, 6.07) is 16.1. The minimum atomic E-state index is -1.14. The molecule has 192 valence electrons. The Kier molecular flexibility index (Phi) is 8.50. The molecule has 1 fully saturated rings. The number of nitrogens with one attached hydrogen (secondary N) is 2. The lowest BCUT2D eigenvalue weighted by molar-refractivity contribution is -0.0416. The Morgan fingerprint density at radius 1 is 1.25 bits per heavy atom. The summed E-state index contributed by atoms with van der Waals surface area (Å²) < 4.78 is 4.69. The van der Waals surface area contributed by atoms with Crippen molar-refractivity contribution in [3.63, 3.8) is 0 Å². The lowest BCUT2D eigenvalue weighted by Gasteiger charge is -2.40. The van der Waals surface area contributed by atoms with E-state index in [-0.39, 0.29) is 5.92 Å². The maximum Gasteiger partial charge on any atom is 0.406 e. The smallest absolute Gasteiger partial charge is 0.406 e. The van der Waals surface area contributed by atoms with Crippen LogP contribution in [0, 0.1) is 5.92 Å². The van der Waals surface area contributed by atoms with Gasteiger partial charge in [-0.05, 0) is 61.4 Å². The van der Waals surface area contributed by atoms with Gasteiger partial charge in [-0.25, -0.2) is 9.78 Å². The van der Waals surface area contributed by atoms with Crippen molar-refractivity contribution in [1.29, 1.82) is 0 Å². The minimum absolute atomic E-state index is 0.00766. The highest BCUT2D eigenvalue weighted by Gasteiger charge is 2.41. The molecule has 0 radical (unpaired) electrons. The van der Waals surface area contributed by atoms with E-state index in [1.54, 1.807) is 0 Å². The van der Waals surface area contributed by atoms with Crippen molar-refractivity contribution in [2.45, 2.75) is 51.0 Å². The third-order valence-corrected chi connectivity index (χ3v) is 7.59. The van der Waals surface area contributed by atoms with Gasteiger partial charge in [0.15, 0.2) is 0 Å². The van der Waals surface area contributed by atoms with Gasteiger partial charge in [-0.3, -0.25) is 0 Å². The van der Waals surface area contributed by atoms with Crippen LogP contribution in [-0.4, -0.2) is 42.9 Å². The van der Waals surface area contributed by atoms with Crippen LogP contribution in [-0.2, 0) is 10.3 Å². The van der Waals surface area contributed by atoms with Crippen molar-refractivity contribution >= 4 is 28.6 Å². The molecular formula is C29H36ClN3O3. The molecule has 2 aromatic carbocycles. The second kappa shape index (κ2) is 11.6. The van der Waals surface area contributed by atoms with Crippen molar-refractivity contribution in [2.24, 2.45) is 5.92 Å². The Balaban J connectivity index is 1.79. The van der Waals surface area contributed by atoms with Crippen molar-refractivity contribution in [3.05, 3.63) is 64.7 Å². The first-order valence-electron chi connectivity index (χ1n) is 12.8. The first-order chi connectivity index (χ1) is 17.3. The van der Waals surface area contributed by atoms with Gasteiger partial charge in [0.1, 0.15) is 0 Å². The zero-order valence-corrected chi connectivity index (χ0v) is 22.1. The van der Waals surface area contributed by atoms with Gasteiger partial charge in [0.05, 0.1) is 28.9 Å². The van der Waals surface area contributed by atoms with Gasteiger partial charge in [0.25, 0.3) is 0 Å². The summed E-state index contributed by atoms with van der Waals surface area (Å²) in [6.07, 6.45) is 2.50. The standard InChI is InChI=1S/C29H36ClN3O3/c1-19(2)22-10-4-8-20-13-14-25(33-27(20)22)26-23(11-5-12-24(26)30)29(35,21-9-6-16-31-18-21)15-7-17-32-28(34)36-3/h4-5,8,10-14,19,21,31,35H,6-7,9,15-18H2,1-3H3,(H,32,34)/t21-,29?/m1/s1. The van der Waals surface area contributed by atoms with E-state index in [1.165, 1.54) is 12.7 Å². The van der Waals surface area contributed by atoms with Gasteiger partial charge >= 0.3 is 6.09 Å². The van der Waals surface area contributed by atoms with E-state index >= 15 is 0 Å². The second-order valence-corrected chi connectivity index (χ2v) is 10.3. The molecular weight excluding hydrogens is 474 g/mol. The number of halogens is 1. The van der Waals surface area contributed by atoms with Crippen molar-refractivity contribution in [3.8, 4) is 11.3 Å². The summed E-state index contributed by atoms with van der Waals surface area (Å²) >= 11 is 6.84. The van der Waals surface area contributed by atoms with E-state index in [1.807, 2.05) is 24.3 Å². The summed E-state index contributed by atoms with van der Waals surface area (Å²) in [4.78, 5) is 16.6. The number of fused-ring (bicyclic) bond motifs is 1. The minimum Gasteiger partial charge on any atom is -0.453 e. The molecule has 1 amide bonds. The van der Waals surface area contributed by atoms with E-state index in [2.05, 4.69) is 53.5 Å². The third kappa shape index (κ3) is 5.51. The van der Waals surface area contributed by atoms with Gasteiger partial charge in [0, 0.05) is 30.0 Å². The molecule has 1 aliphatic heterocycles. The van der Waals surface area contributed by atoms with E-state index in [4.69, 9.17) is 16.6 Å². The molecule has 4 rings (SSSR count).